The molecule has 30 heavy (non-hydrogen) atoms. The standard InChI is InChI=1S/C18H20N4O8/c23-13(29-7-1-3-11-9-19-17(27)21-15(11)25)5-6-14(24)30-8-2-4-12-10-20-18(28)22-16(12)26/h5-6,9-10H,1-4,7-8H2,(H2,19,21,25,27)(H2,20,22,26,28)/b6-5+. The third-order valence-electron chi connectivity index (χ3n) is 3.82. The largest absolute Gasteiger partial charge is 0.463 e. The fourth-order valence-corrected chi connectivity index (χ4v) is 2.35. The summed E-state index contributed by atoms with van der Waals surface area (Å²) in [5.41, 5.74) is -1.49. The molecule has 0 bridgehead atoms. The molecule has 0 unspecified atom stereocenters. The molecular weight excluding hydrogens is 400 g/mol. The van der Waals surface area contributed by atoms with Crippen molar-refractivity contribution in [1.82, 2.24) is 19.9 Å². The summed E-state index contributed by atoms with van der Waals surface area (Å²) in [5, 5.41) is 0. The van der Waals surface area contributed by atoms with Gasteiger partial charge in [-0.3, -0.25) is 19.6 Å². The zero-order valence-electron chi connectivity index (χ0n) is 15.8. The van der Waals surface area contributed by atoms with Gasteiger partial charge in [0.05, 0.1) is 13.2 Å². The highest BCUT2D eigenvalue weighted by molar-refractivity contribution is 5.91. The van der Waals surface area contributed by atoms with E-state index in [4.69, 9.17) is 9.47 Å². The topological polar surface area (TPSA) is 184 Å². The van der Waals surface area contributed by atoms with Gasteiger partial charge in [0.15, 0.2) is 0 Å². The SMILES string of the molecule is O=C(/C=C/C(=O)OCCCc1c[nH]c(=O)[nH]c1=O)OCCCc1c[nH]c(=O)[nH]c1=O. The molecular formula is C18H20N4O8. The number of hydrogen-bond acceptors (Lipinski definition) is 8. The smallest absolute Gasteiger partial charge is 0.331 e. The molecule has 2 aromatic rings. The van der Waals surface area contributed by atoms with Crippen LogP contribution in [-0.4, -0.2) is 45.1 Å². The molecule has 0 spiro atoms. The summed E-state index contributed by atoms with van der Waals surface area (Å²) >= 11 is 0. The van der Waals surface area contributed by atoms with Gasteiger partial charge < -0.3 is 19.4 Å². The fraction of sp³-hybridized carbons (Fsp3) is 0.333. The van der Waals surface area contributed by atoms with Crippen LogP contribution >= 0.6 is 0 Å². The first kappa shape index (κ1) is 22.3. The van der Waals surface area contributed by atoms with Crippen LogP contribution in [0, 0.1) is 0 Å². The van der Waals surface area contributed by atoms with Crippen LogP contribution < -0.4 is 22.5 Å². The van der Waals surface area contributed by atoms with E-state index in [1.54, 1.807) is 0 Å². The van der Waals surface area contributed by atoms with E-state index in [-0.39, 0.29) is 13.2 Å². The summed E-state index contributed by atoms with van der Waals surface area (Å²) in [7, 11) is 0. The number of ether oxygens (including phenoxy) is 2. The van der Waals surface area contributed by atoms with E-state index >= 15 is 0 Å². The highest BCUT2D eigenvalue weighted by atomic mass is 16.5. The van der Waals surface area contributed by atoms with Crippen molar-refractivity contribution in [3.05, 3.63) is 77.3 Å². The van der Waals surface area contributed by atoms with Crippen LogP contribution in [0.15, 0.2) is 43.7 Å². The summed E-state index contributed by atoms with van der Waals surface area (Å²) in [5.74, 6) is -1.50. The molecule has 2 aromatic heterocycles. The molecule has 0 aliphatic carbocycles. The van der Waals surface area contributed by atoms with Crippen molar-refractivity contribution >= 4 is 11.9 Å². The summed E-state index contributed by atoms with van der Waals surface area (Å²) in [6.45, 7) is 0.0367. The Morgan fingerprint density at radius 3 is 1.50 bits per heavy atom. The van der Waals surface area contributed by atoms with Crippen LogP contribution in [0.2, 0.25) is 0 Å². The van der Waals surface area contributed by atoms with Gasteiger partial charge in [-0.1, -0.05) is 0 Å². The Bertz CT molecular complexity index is 1050. The Morgan fingerprint density at radius 1 is 0.733 bits per heavy atom. The Balaban J connectivity index is 1.62. The number of carbonyl (C=O) groups excluding carboxylic acids is 2. The zero-order valence-corrected chi connectivity index (χ0v) is 15.8. The van der Waals surface area contributed by atoms with Gasteiger partial charge in [-0.2, -0.15) is 0 Å². The highest BCUT2D eigenvalue weighted by Gasteiger charge is 2.05. The summed E-state index contributed by atoms with van der Waals surface area (Å²) in [6, 6.07) is 0. The first-order valence-corrected chi connectivity index (χ1v) is 8.98. The molecule has 4 N–H and O–H groups in total. The average molecular weight is 420 g/mol. The number of aromatic amines is 4. The molecule has 0 aliphatic rings. The van der Waals surface area contributed by atoms with Gasteiger partial charge in [0.25, 0.3) is 11.1 Å². The van der Waals surface area contributed by atoms with Crippen LogP contribution in [0.4, 0.5) is 0 Å². The fourth-order valence-electron chi connectivity index (χ4n) is 2.35. The number of carbonyl (C=O) groups is 2. The second kappa shape index (κ2) is 11.1. The molecule has 0 saturated heterocycles. The molecule has 0 atom stereocenters. The average Bonchev–Trinajstić information content (AvgIpc) is 2.69. The van der Waals surface area contributed by atoms with E-state index in [1.807, 2.05) is 0 Å². The van der Waals surface area contributed by atoms with Gasteiger partial charge in [0, 0.05) is 35.7 Å². The molecule has 12 nitrogen and oxygen atoms in total. The third kappa shape index (κ3) is 7.58. The lowest BCUT2D eigenvalue weighted by Crippen LogP contribution is -2.24. The Hall–Kier alpha value is -3.96. The number of aryl methyl sites for hydroxylation is 2. The molecule has 12 heteroatoms. The van der Waals surface area contributed by atoms with Crippen molar-refractivity contribution in [2.45, 2.75) is 25.7 Å². The van der Waals surface area contributed by atoms with Gasteiger partial charge >= 0.3 is 23.3 Å². The molecule has 0 radical (unpaired) electrons. The quantitative estimate of drug-likeness (QED) is 0.206. The monoisotopic (exact) mass is 420 g/mol. The number of rotatable bonds is 10. The summed E-state index contributed by atoms with van der Waals surface area (Å²) < 4.78 is 9.80. The van der Waals surface area contributed by atoms with Crippen molar-refractivity contribution in [2.24, 2.45) is 0 Å². The first-order valence-electron chi connectivity index (χ1n) is 8.98. The van der Waals surface area contributed by atoms with Gasteiger partial charge in [0.2, 0.25) is 0 Å². The zero-order chi connectivity index (χ0) is 21.9. The lowest BCUT2D eigenvalue weighted by Gasteiger charge is -2.03. The molecule has 0 aromatic carbocycles. The number of hydrogen-bond donors (Lipinski definition) is 4. The second-order valence-corrected chi connectivity index (χ2v) is 6.07. The molecule has 2 rings (SSSR count). The minimum atomic E-state index is -0.748. The molecule has 0 fully saturated rings. The highest BCUT2D eigenvalue weighted by Crippen LogP contribution is 1.97. The Morgan fingerprint density at radius 2 is 1.13 bits per heavy atom. The number of esters is 2. The van der Waals surface area contributed by atoms with E-state index < -0.39 is 34.4 Å². The van der Waals surface area contributed by atoms with E-state index in [2.05, 4.69) is 19.9 Å². The van der Waals surface area contributed by atoms with Crippen molar-refractivity contribution in [3.63, 3.8) is 0 Å². The van der Waals surface area contributed by atoms with Crippen molar-refractivity contribution < 1.29 is 19.1 Å². The maximum atomic E-state index is 11.6. The Kier molecular flexibility index (Phi) is 8.29. The lowest BCUT2D eigenvalue weighted by atomic mass is 10.2. The number of aromatic nitrogens is 4. The molecule has 160 valence electrons. The maximum Gasteiger partial charge on any atom is 0.331 e. The van der Waals surface area contributed by atoms with Crippen molar-refractivity contribution in [2.75, 3.05) is 13.2 Å². The van der Waals surface area contributed by atoms with E-state index in [0.717, 1.165) is 12.2 Å². The number of nitrogens with one attached hydrogen (secondary N) is 4. The Labute approximate surface area is 168 Å². The van der Waals surface area contributed by atoms with E-state index in [1.165, 1.54) is 12.4 Å². The van der Waals surface area contributed by atoms with Gasteiger partial charge in [-0.05, 0) is 25.7 Å². The van der Waals surface area contributed by atoms with Crippen LogP contribution in [-0.2, 0) is 31.9 Å². The van der Waals surface area contributed by atoms with Crippen LogP contribution in [0.25, 0.3) is 0 Å². The maximum absolute atomic E-state index is 11.6. The van der Waals surface area contributed by atoms with E-state index in [0.29, 0.717) is 36.8 Å². The third-order valence-corrected chi connectivity index (χ3v) is 3.82. The number of H-pyrrole nitrogens is 4. The predicted molar refractivity (Wildman–Crippen MR) is 103 cm³/mol. The minimum absolute atomic E-state index is 0.0184. The molecule has 0 aliphatic heterocycles. The predicted octanol–water partition coefficient (Wildman–Crippen LogP) is -1.35. The van der Waals surface area contributed by atoms with Gasteiger partial charge in [0.1, 0.15) is 0 Å². The molecule has 0 saturated carbocycles. The van der Waals surface area contributed by atoms with Gasteiger partial charge in [-0.15, -0.1) is 0 Å². The second-order valence-electron chi connectivity index (χ2n) is 6.07. The molecule has 0 amide bonds. The minimum Gasteiger partial charge on any atom is -0.463 e. The van der Waals surface area contributed by atoms with Crippen molar-refractivity contribution in [3.8, 4) is 0 Å². The van der Waals surface area contributed by atoms with Crippen molar-refractivity contribution in [1.29, 1.82) is 0 Å². The normalized spacial score (nSPS) is 10.8. The van der Waals surface area contributed by atoms with Gasteiger partial charge in [-0.25, -0.2) is 19.2 Å². The van der Waals surface area contributed by atoms with Crippen LogP contribution in [0.3, 0.4) is 0 Å². The van der Waals surface area contributed by atoms with Crippen LogP contribution in [0.1, 0.15) is 24.0 Å². The summed E-state index contributed by atoms with van der Waals surface area (Å²) in [4.78, 5) is 76.8. The lowest BCUT2D eigenvalue weighted by molar-refractivity contribution is -0.140. The first-order chi connectivity index (χ1) is 14.3. The summed E-state index contributed by atoms with van der Waals surface area (Å²) in [6.07, 6.45) is 5.72. The van der Waals surface area contributed by atoms with Crippen LogP contribution in [0.5, 0.6) is 0 Å². The molecule has 2 heterocycles. The van der Waals surface area contributed by atoms with E-state index in [9.17, 15) is 28.8 Å².